The van der Waals surface area contributed by atoms with Crippen molar-refractivity contribution in [3.8, 4) is 5.75 Å². The van der Waals surface area contributed by atoms with E-state index in [0.29, 0.717) is 5.92 Å². The molecule has 0 atom stereocenters. The maximum Gasteiger partial charge on any atom is 0.119 e. The number of rotatable bonds is 7. The molecule has 4 heteroatoms. The third kappa shape index (κ3) is 5.30. The van der Waals surface area contributed by atoms with E-state index in [1.807, 2.05) is 6.07 Å². The Labute approximate surface area is 128 Å². The van der Waals surface area contributed by atoms with Crippen molar-refractivity contribution >= 4 is 0 Å². The van der Waals surface area contributed by atoms with Crippen molar-refractivity contribution in [2.45, 2.75) is 26.2 Å². The molecule has 0 saturated carbocycles. The lowest BCUT2D eigenvalue weighted by Crippen LogP contribution is -2.46. The molecule has 0 aliphatic carbocycles. The molecule has 0 spiro atoms. The molecule has 1 saturated heterocycles. The van der Waals surface area contributed by atoms with Crippen LogP contribution < -0.4 is 4.74 Å². The summed E-state index contributed by atoms with van der Waals surface area (Å²) >= 11 is 0. The summed E-state index contributed by atoms with van der Waals surface area (Å²) in [6.45, 7) is 10.4. The molecule has 0 aromatic heterocycles. The summed E-state index contributed by atoms with van der Waals surface area (Å²) in [6, 6.07) is 8.40. The third-order valence-corrected chi connectivity index (χ3v) is 4.08. The minimum Gasteiger partial charge on any atom is -0.494 e. The first-order valence-corrected chi connectivity index (χ1v) is 7.97. The van der Waals surface area contributed by atoms with Gasteiger partial charge in [0.2, 0.25) is 0 Å². The molecule has 1 heterocycles. The van der Waals surface area contributed by atoms with E-state index in [9.17, 15) is 0 Å². The Morgan fingerprint density at radius 1 is 1.14 bits per heavy atom. The van der Waals surface area contributed by atoms with Gasteiger partial charge in [-0.15, -0.1) is 0 Å². The Morgan fingerprint density at radius 3 is 2.52 bits per heavy atom. The van der Waals surface area contributed by atoms with Gasteiger partial charge in [0, 0.05) is 32.7 Å². The number of benzene rings is 1. The third-order valence-electron chi connectivity index (χ3n) is 4.08. The highest BCUT2D eigenvalue weighted by molar-refractivity contribution is 5.30. The summed E-state index contributed by atoms with van der Waals surface area (Å²) in [5.74, 6) is 1.52. The van der Waals surface area contributed by atoms with Gasteiger partial charge in [0.25, 0.3) is 0 Å². The van der Waals surface area contributed by atoms with Gasteiger partial charge in [0.1, 0.15) is 5.75 Å². The van der Waals surface area contributed by atoms with Crippen molar-refractivity contribution in [2.75, 3.05) is 46.1 Å². The van der Waals surface area contributed by atoms with E-state index >= 15 is 0 Å². The first kappa shape index (κ1) is 16.3. The van der Waals surface area contributed by atoms with E-state index in [-0.39, 0.29) is 6.73 Å². The first-order valence-electron chi connectivity index (χ1n) is 7.97. The monoisotopic (exact) mass is 292 g/mol. The van der Waals surface area contributed by atoms with Crippen LogP contribution in [0.5, 0.6) is 5.75 Å². The Bertz CT molecular complexity index is 415. The molecule has 118 valence electrons. The van der Waals surface area contributed by atoms with Crippen molar-refractivity contribution < 1.29 is 9.84 Å². The number of ether oxygens (including phenoxy) is 1. The summed E-state index contributed by atoms with van der Waals surface area (Å²) in [7, 11) is 0. The predicted molar refractivity (Wildman–Crippen MR) is 85.7 cm³/mol. The van der Waals surface area contributed by atoms with E-state index in [4.69, 9.17) is 9.84 Å². The van der Waals surface area contributed by atoms with Gasteiger partial charge >= 0.3 is 0 Å². The van der Waals surface area contributed by atoms with Crippen molar-refractivity contribution in [1.29, 1.82) is 0 Å². The topological polar surface area (TPSA) is 35.9 Å². The second-order valence-electron chi connectivity index (χ2n) is 6.03. The molecule has 0 bridgehead atoms. The van der Waals surface area contributed by atoms with E-state index < -0.39 is 0 Å². The van der Waals surface area contributed by atoms with E-state index in [1.54, 1.807) is 0 Å². The molecule has 1 aliphatic heterocycles. The van der Waals surface area contributed by atoms with Gasteiger partial charge in [-0.05, 0) is 30.0 Å². The Kier molecular flexibility index (Phi) is 6.49. The van der Waals surface area contributed by atoms with Gasteiger partial charge in [-0.25, -0.2) is 0 Å². The lowest BCUT2D eigenvalue weighted by Gasteiger charge is -2.33. The minimum atomic E-state index is 0.184. The summed E-state index contributed by atoms with van der Waals surface area (Å²) in [4.78, 5) is 4.52. The van der Waals surface area contributed by atoms with Crippen LogP contribution in [0.2, 0.25) is 0 Å². The van der Waals surface area contributed by atoms with Crippen molar-refractivity contribution in [3.63, 3.8) is 0 Å². The fourth-order valence-electron chi connectivity index (χ4n) is 2.60. The van der Waals surface area contributed by atoms with E-state index in [0.717, 1.165) is 51.5 Å². The second-order valence-corrected chi connectivity index (χ2v) is 6.03. The summed E-state index contributed by atoms with van der Waals surface area (Å²) in [5, 5.41) is 9.07. The van der Waals surface area contributed by atoms with Gasteiger partial charge in [0.05, 0.1) is 13.3 Å². The number of piperazine rings is 1. The quantitative estimate of drug-likeness (QED) is 0.781. The zero-order valence-electron chi connectivity index (χ0n) is 13.3. The lowest BCUT2D eigenvalue weighted by atomic mass is 10.0. The molecule has 4 nitrogen and oxygen atoms in total. The standard InChI is InChI=1S/C17H28N2O2/c1-15(2)16-5-3-6-17(13-16)21-12-4-7-18-8-10-19(14-20)11-9-18/h3,5-6,13,15,20H,4,7-12,14H2,1-2H3. The number of nitrogens with zero attached hydrogens (tertiary/aromatic N) is 2. The van der Waals surface area contributed by atoms with Gasteiger partial charge in [0.15, 0.2) is 0 Å². The number of hydrogen-bond acceptors (Lipinski definition) is 4. The predicted octanol–water partition coefficient (Wildman–Crippen LogP) is 2.15. The Morgan fingerprint density at radius 2 is 1.86 bits per heavy atom. The zero-order chi connectivity index (χ0) is 15.1. The first-order chi connectivity index (χ1) is 10.2. The molecule has 0 unspecified atom stereocenters. The molecule has 1 aliphatic rings. The number of aliphatic hydroxyl groups is 1. The summed E-state index contributed by atoms with van der Waals surface area (Å²) in [6.07, 6.45) is 1.05. The minimum absolute atomic E-state index is 0.184. The molecule has 0 radical (unpaired) electrons. The van der Waals surface area contributed by atoms with Crippen molar-refractivity contribution in [2.24, 2.45) is 0 Å². The average molecular weight is 292 g/mol. The average Bonchev–Trinajstić information content (AvgIpc) is 2.52. The molecule has 1 aromatic rings. The van der Waals surface area contributed by atoms with Crippen LogP contribution in [0.1, 0.15) is 31.7 Å². The highest BCUT2D eigenvalue weighted by Gasteiger charge is 2.15. The lowest BCUT2D eigenvalue weighted by molar-refractivity contribution is 0.0527. The largest absolute Gasteiger partial charge is 0.494 e. The van der Waals surface area contributed by atoms with Crippen molar-refractivity contribution in [3.05, 3.63) is 29.8 Å². The van der Waals surface area contributed by atoms with Crippen LogP contribution in [0, 0.1) is 0 Å². The molecular formula is C17H28N2O2. The van der Waals surface area contributed by atoms with Crippen LogP contribution >= 0.6 is 0 Å². The van der Waals surface area contributed by atoms with Gasteiger partial charge < -0.3 is 14.7 Å². The molecular weight excluding hydrogens is 264 g/mol. The second kappa shape index (κ2) is 8.37. The van der Waals surface area contributed by atoms with E-state index in [1.165, 1.54) is 5.56 Å². The molecule has 1 aromatic carbocycles. The van der Waals surface area contributed by atoms with Gasteiger partial charge in [-0.1, -0.05) is 26.0 Å². The van der Waals surface area contributed by atoms with Crippen LogP contribution in [0.4, 0.5) is 0 Å². The Balaban J connectivity index is 1.65. The summed E-state index contributed by atoms with van der Waals surface area (Å²) < 4.78 is 5.85. The van der Waals surface area contributed by atoms with Crippen molar-refractivity contribution in [1.82, 2.24) is 9.80 Å². The maximum absolute atomic E-state index is 9.07. The van der Waals surface area contributed by atoms with Gasteiger partial charge in [-0.3, -0.25) is 4.90 Å². The molecule has 0 amide bonds. The molecule has 2 rings (SSSR count). The maximum atomic E-state index is 9.07. The van der Waals surface area contributed by atoms with Gasteiger partial charge in [-0.2, -0.15) is 0 Å². The fraction of sp³-hybridized carbons (Fsp3) is 0.647. The van der Waals surface area contributed by atoms with E-state index in [2.05, 4.69) is 41.8 Å². The molecule has 1 N–H and O–H groups in total. The highest BCUT2D eigenvalue weighted by Crippen LogP contribution is 2.20. The molecule has 21 heavy (non-hydrogen) atoms. The number of aliphatic hydroxyl groups excluding tert-OH is 1. The fourth-order valence-corrected chi connectivity index (χ4v) is 2.60. The van der Waals surface area contributed by atoms with Crippen LogP contribution in [0.25, 0.3) is 0 Å². The highest BCUT2D eigenvalue weighted by atomic mass is 16.5. The molecule has 1 fully saturated rings. The van der Waals surface area contributed by atoms with Crippen LogP contribution in [0.15, 0.2) is 24.3 Å². The van der Waals surface area contributed by atoms with Crippen LogP contribution in [0.3, 0.4) is 0 Å². The van der Waals surface area contributed by atoms with Crippen LogP contribution in [-0.4, -0.2) is 61.0 Å². The zero-order valence-corrected chi connectivity index (χ0v) is 13.3. The normalized spacial score (nSPS) is 17.3. The van der Waals surface area contributed by atoms with Crippen LogP contribution in [-0.2, 0) is 0 Å². The number of hydrogen-bond donors (Lipinski definition) is 1. The Hall–Kier alpha value is -1.10. The SMILES string of the molecule is CC(C)c1cccc(OCCCN2CCN(CO)CC2)c1. The summed E-state index contributed by atoms with van der Waals surface area (Å²) in [5.41, 5.74) is 1.33. The smallest absolute Gasteiger partial charge is 0.119 e.